The Bertz CT molecular complexity index is 1310. The van der Waals surface area contributed by atoms with Gasteiger partial charge in [-0.15, -0.1) is 11.8 Å². The molecule has 1 N–H and O–H groups in total. The van der Waals surface area contributed by atoms with Crippen LogP contribution in [0.3, 0.4) is 0 Å². The van der Waals surface area contributed by atoms with Gasteiger partial charge >= 0.3 is 0 Å². The van der Waals surface area contributed by atoms with Gasteiger partial charge in [0, 0.05) is 35.5 Å². The summed E-state index contributed by atoms with van der Waals surface area (Å²) in [6.07, 6.45) is 6.16. The molecular weight excluding hydrogens is 495 g/mol. The van der Waals surface area contributed by atoms with Crippen LogP contribution >= 0.6 is 11.8 Å². The molecule has 1 heterocycles. The van der Waals surface area contributed by atoms with Gasteiger partial charge < -0.3 is 10.2 Å². The van der Waals surface area contributed by atoms with Gasteiger partial charge in [-0.05, 0) is 54.2 Å². The van der Waals surface area contributed by atoms with E-state index in [4.69, 9.17) is 0 Å². The molecule has 4 nitrogen and oxygen atoms in total. The van der Waals surface area contributed by atoms with Crippen LogP contribution in [-0.4, -0.2) is 34.6 Å². The molecule has 1 saturated carbocycles. The third-order valence-corrected chi connectivity index (χ3v) is 8.92. The highest BCUT2D eigenvalue weighted by Gasteiger charge is 2.40. The SMILES string of the molecule is CC(CNC(=O)c1ccc(/C=C2/SC3CCCCC3N(Cc3ccccc3F)C2=O)cc1)c1ccccc1. The molecule has 0 spiro atoms. The van der Waals surface area contributed by atoms with Crippen LogP contribution < -0.4 is 5.32 Å². The lowest BCUT2D eigenvalue weighted by Gasteiger charge is -2.44. The Balaban J connectivity index is 1.28. The van der Waals surface area contributed by atoms with Gasteiger partial charge in [-0.2, -0.15) is 0 Å². The van der Waals surface area contributed by atoms with E-state index < -0.39 is 0 Å². The molecule has 6 heteroatoms. The number of amides is 2. The van der Waals surface area contributed by atoms with Crippen LogP contribution in [0, 0.1) is 5.82 Å². The summed E-state index contributed by atoms with van der Waals surface area (Å²) in [6.45, 7) is 2.93. The number of carbonyl (C=O) groups excluding carboxylic acids is 2. The zero-order chi connectivity index (χ0) is 26.5. The lowest BCUT2D eigenvalue weighted by atomic mass is 9.92. The molecule has 3 atom stereocenters. The molecule has 38 heavy (non-hydrogen) atoms. The molecule has 2 aliphatic rings. The van der Waals surface area contributed by atoms with Gasteiger partial charge in [0.2, 0.25) is 0 Å². The molecule has 1 aliphatic carbocycles. The molecule has 2 amide bonds. The molecule has 2 fully saturated rings. The lowest BCUT2D eigenvalue weighted by Crippen LogP contribution is -2.50. The number of fused-ring (bicyclic) bond motifs is 1. The number of carbonyl (C=O) groups is 2. The van der Waals surface area contributed by atoms with Crippen LogP contribution in [-0.2, 0) is 11.3 Å². The maximum absolute atomic E-state index is 14.4. The second-order valence-electron chi connectivity index (χ2n) is 10.2. The van der Waals surface area contributed by atoms with Crippen molar-refractivity contribution in [3.63, 3.8) is 0 Å². The zero-order valence-electron chi connectivity index (χ0n) is 21.6. The summed E-state index contributed by atoms with van der Waals surface area (Å²) >= 11 is 1.65. The van der Waals surface area contributed by atoms with Gasteiger partial charge in [0.25, 0.3) is 11.8 Å². The Kier molecular flexibility index (Phi) is 8.28. The number of benzene rings is 3. The Morgan fingerprint density at radius 3 is 2.50 bits per heavy atom. The lowest BCUT2D eigenvalue weighted by molar-refractivity contribution is -0.130. The predicted octanol–water partition coefficient (Wildman–Crippen LogP) is 6.79. The molecule has 3 unspecified atom stereocenters. The minimum absolute atomic E-state index is 0.0434. The monoisotopic (exact) mass is 528 g/mol. The van der Waals surface area contributed by atoms with Crippen LogP contribution in [0.2, 0.25) is 0 Å². The molecule has 1 aliphatic heterocycles. The van der Waals surface area contributed by atoms with E-state index in [2.05, 4.69) is 24.4 Å². The maximum Gasteiger partial charge on any atom is 0.260 e. The van der Waals surface area contributed by atoms with Gasteiger partial charge in [0.15, 0.2) is 0 Å². The molecule has 1 saturated heterocycles. The van der Waals surface area contributed by atoms with Gasteiger partial charge in [0.1, 0.15) is 5.82 Å². The molecule has 5 rings (SSSR count). The summed E-state index contributed by atoms with van der Waals surface area (Å²) in [5, 5.41) is 3.34. The highest BCUT2D eigenvalue weighted by molar-refractivity contribution is 8.04. The second-order valence-corrected chi connectivity index (χ2v) is 11.5. The first-order chi connectivity index (χ1) is 18.5. The normalized spacial score (nSPS) is 21.2. The quantitative estimate of drug-likeness (QED) is 0.344. The van der Waals surface area contributed by atoms with Gasteiger partial charge in [-0.3, -0.25) is 9.59 Å². The second kappa shape index (κ2) is 12.0. The first kappa shape index (κ1) is 26.2. The van der Waals surface area contributed by atoms with E-state index in [1.54, 1.807) is 36.0 Å². The van der Waals surface area contributed by atoms with E-state index in [0.29, 0.717) is 27.8 Å². The molecule has 3 aromatic rings. The fourth-order valence-corrected chi connectivity index (χ4v) is 6.77. The number of thioether (sulfide) groups is 1. The Morgan fingerprint density at radius 2 is 1.74 bits per heavy atom. The van der Waals surface area contributed by atoms with E-state index in [1.165, 1.54) is 11.6 Å². The van der Waals surface area contributed by atoms with Crippen molar-refractivity contribution in [2.24, 2.45) is 0 Å². The van der Waals surface area contributed by atoms with Crippen molar-refractivity contribution in [3.05, 3.63) is 112 Å². The van der Waals surface area contributed by atoms with Gasteiger partial charge in [-0.1, -0.05) is 80.4 Å². The summed E-state index contributed by atoms with van der Waals surface area (Å²) < 4.78 is 14.4. The van der Waals surface area contributed by atoms with E-state index in [1.807, 2.05) is 47.4 Å². The summed E-state index contributed by atoms with van der Waals surface area (Å²) in [5.74, 6) is -0.216. The number of nitrogens with zero attached hydrogens (tertiary/aromatic N) is 1. The number of rotatable bonds is 7. The van der Waals surface area contributed by atoms with Gasteiger partial charge in [0.05, 0.1) is 4.91 Å². The van der Waals surface area contributed by atoms with E-state index in [9.17, 15) is 14.0 Å². The largest absolute Gasteiger partial charge is 0.351 e. The smallest absolute Gasteiger partial charge is 0.260 e. The Labute approximate surface area is 228 Å². The van der Waals surface area contributed by atoms with E-state index in [-0.39, 0.29) is 36.1 Å². The molecule has 196 valence electrons. The van der Waals surface area contributed by atoms with Crippen molar-refractivity contribution in [2.45, 2.75) is 56.4 Å². The first-order valence-electron chi connectivity index (χ1n) is 13.4. The van der Waals surface area contributed by atoms with Crippen LogP contribution in [0.25, 0.3) is 6.08 Å². The molecule has 0 radical (unpaired) electrons. The average molecular weight is 529 g/mol. The fraction of sp³-hybridized carbons (Fsp3) is 0.312. The third kappa shape index (κ3) is 6.02. The predicted molar refractivity (Wildman–Crippen MR) is 152 cm³/mol. The Hall–Kier alpha value is -3.38. The van der Waals surface area contributed by atoms with Crippen LogP contribution in [0.4, 0.5) is 4.39 Å². The third-order valence-electron chi connectivity index (χ3n) is 7.52. The van der Waals surface area contributed by atoms with Crippen LogP contribution in [0.5, 0.6) is 0 Å². The van der Waals surface area contributed by atoms with E-state index in [0.717, 1.165) is 31.2 Å². The van der Waals surface area contributed by atoms with Crippen LogP contribution in [0.15, 0.2) is 83.8 Å². The number of halogens is 1. The standard InChI is InChI=1S/C32H33FN2O2S/c1-22(24-9-3-2-4-10-24)20-34-31(36)25-17-15-23(16-18-25)19-30-32(37)35(21-26-11-5-6-12-27(26)33)28-13-7-8-14-29(28)38-30/h2-6,9-12,15-19,22,28-29H,7-8,13-14,20-21H2,1H3,(H,34,36)/b30-19+. The summed E-state index contributed by atoms with van der Waals surface area (Å²) in [7, 11) is 0. The first-order valence-corrected chi connectivity index (χ1v) is 14.2. The van der Waals surface area contributed by atoms with Crippen molar-refractivity contribution in [1.82, 2.24) is 10.2 Å². The van der Waals surface area contributed by atoms with Crippen molar-refractivity contribution in [3.8, 4) is 0 Å². The summed E-state index contributed by atoms with van der Waals surface area (Å²) in [5.41, 5.74) is 3.20. The summed E-state index contributed by atoms with van der Waals surface area (Å²) in [4.78, 5) is 28.9. The number of hydrogen-bond acceptors (Lipinski definition) is 3. The topological polar surface area (TPSA) is 49.4 Å². The minimum atomic E-state index is -0.275. The molecule has 0 bridgehead atoms. The average Bonchev–Trinajstić information content (AvgIpc) is 2.95. The van der Waals surface area contributed by atoms with Crippen molar-refractivity contribution < 1.29 is 14.0 Å². The minimum Gasteiger partial charge on any atom is -0.351 e. The number of nitrogens with one attached hydrogen (secondary N) is 1. The van der Waals surface area contributed by atoms with E-state index >= 15 is 0 Å². The zero-order valence-corrected chi connectivity index (χ0v) is 22.4. The highest BCUT2D eigenvalue weighted by Crippen LogP contribution is 2.42. The highest BCUT2D eigenvalue weighted by atomic mass is 32.2. The summed E-state index contributed by atoms with van der Waals surface area (Å²) in [6, 6.07) is 24.3. The van der Waals surface area contributed by atoms with Gasteiger partial charge in [-0.25, -0.2) is 4.39 Å². The molecule has 3 aromatic carbocycles. The molecule has 0 aromatic heterocycles. The van der Waals surface area contributed by atoms with Crippen LogP contribution in [0.1, 0.15) is 65.6 Å². The Morgan fingerprint density at radius 1 is 1.03 bits per heavy atom. The maximum atomic E-state index is 14.4. The number of hydrogen-bond donors (Lipinski definition) is 1. The molecular formula is C32H33FN2O2S. The van der Waals surface area contributed by atoms with Crippen molar-refractivity contribution >= 4 is 29.7 Å². The van der Waals surface area contributed by atoms with Crippen molar-refractivity contribution in [2.75, 3.05) is 6.54 Å². The van der Waals surface area contributed by atoms with Crippen molar-refractivity contribution in [1.29, 1.82) is 0 Å². The fourth-order valence-electron chi connectivity index (χ4n) is 5.30.